The number of carbonyl (C=O) groups excluding carboxylic acids is 1. The van der Waals surface area contributed by atoms with Crippen molar-refractivity contribution in [3.63, 3.8) is 0 Å². The molecule has 0 saturated carbocycles. The van der Waals surface area contributed by atoms with Gasteiger partial charge in [-0.2, -0.15) is 0 Å². The topological polar surface area (TPSA) is 88.2 Å². The Kier molecular flexibility index (Phi) is 6.36. The van der Waals surface area contributed by atoms with Crippen LogP contribution in [0.5, 0.6) is 11.5 Å². The molecule has 0 atom stereocenters. The van der Waals surface area contributed by atoms with Gasteiger partial charge in [0.2, 0.25) is 6.79 Å². The van der Waals surface area contributed by atoms with Gasteiger partial charge in [0.15, 0.2) is 11.5 Å². The summed E-state index contributed by atoms with van der Waals surface area (Å²) in [6.45, 7) is 5.76. The zero-order valence-electron chi connectivity index (χ0n) is 19.4. The highest BCUT2D eigenvalue weighted by molar-refractivity contribution is 7.92. The van der Waals surface area contributed by atoms with E-state index in [1.54, 1.807) is 48.5 Å². The Morgan fingerprint density at radius 2 is 1.57 bits per heavy atom. The number of fused-ring (bicyclic) bond motifs is 1. The van der Waals surface area contributed by atoms with Gasteiger partial charge in [-0.25, -0.2) is 8.42 Å². The second kappa shape index (κ2) is 9.59. The highest BCUT2D eigenvalue weighted by Crippen LogP contribution is 2.33. The standard InChI is InChI=1S/C26H27N3O5S/c1-19-2-9-23(10-3-19)35(31,32)27-22-7-5-21(6-8-22)26(30)29-14-12-28(13-15-29)17-20-4-11-24-25(16-20)34-18-33-24/h2-11,16,27H,12-15,17-18H2,1H3. The quantitative estimate of drug-likeness (QED) is 0.566. The number of anilines is 1. The van der Waals surface area contributed by atoms with Crippen LogP contribution in [0.25, 0.3) is 0 Å². The average molecular weight is 494 g/mol. The van der Waals surface area contributed by atoms with E-state index in [4.69, 9.17) is 9.47 Å². The molecule has 5 rings (SSSR count). The molecule has 0 aliphatic carbocycles. The number of amides is 1. The molecular weight excluding hydrogens is 466 g/mol. The number of nitrogens with one attached hydrogen (secondary N) is 1. The molecule has 0 aromatic heterocycles. The SMILES string of the molecule is Cc1ccc(S(=O)(=O)Nc2ccc(C(=O)N3CCN(Cc4ccc5c(c4)OCO5)CC3)cc2)cc1. The van der Waals surface area contributed by atoms with Crippen molar-refractivity contribution in [1.82, 2.24) is 9.80 Å². The second-order valence-corrected chi connectivity index (χ2v) is 10.4. The Balaban J connectivity index is 1.15. The van der Waals surface area contributed by atoms with Crippen molar-refractivity contribution >= 4 is 21.6 Å². The highest BCUT2D eigenvalue weighted by Gasteiger charge is 2.23. The Morgan fingerprint density at radius 3 is 2.29 bits per heavy atom. The summed E-state index contributed by atoms with van der Waals surface area (Å²) in [5.74, 6) is 1.50. The lowest BCUT2D eigenvalue weighted by atomic mass is 10.1. The van der Waals surface area contributed by atoms with E-state index in [1.165, 1.54) is 0 Å². The van der Waals surface area contributed by atoms with Crippen molar-refractivity contribution in [3.05, 3.63) is 83.4 Å². The largest absolute Gasteiger partial charge is 0.454 e. The second-order valence-electron chi connectivity index (χ2n) is 8.75. The molecule has 0 spiro atoms. The summed E-state index contributed by atoms with van der Waals surface area (Å²) in [6.07, 6.45) is 0. The average Bonchev–Trinajstić information content (AvgIpc) is 3.33. The Hall–Kier alpha value is -3.56. The fraction of sp³-hybridized carbons (Fsp3) is 0.269. The fourth-order valence-electron chi connectivity index (χ4n) is 4.20. The minimum atomic E-state index is -3.68. The molecule has 3 aromatic carbocycles. The van der Waals surface area contributed by atoms with Gasteiger partial charge in [0, 0.05) is 44.0 Å². The molecule has 0 unspecified atom stereocenters. The summed E-state index contributed by atoms with van der Waals surface area (Å²) in [5.41, 5.74) is 3.08. The molecule has 0 bridgehead atoms. The lowest BCUT2D eigenvalue weighted by Gasteiger charge is -2.34. The van der Waals surface area contributed by atoms with E-state index in [0.29, 0.717) is 24.3 Å². The van der Waals surface area contributed by atoms with Crippen molar-refractivity contribution < 1.29 is 22.7 Å². The van der Waals surface area contributed by atoms with Crippen LogP contribution in [0, 0.1) is 6.92 Å². The predicted molar refractivity (Wildman–Crippen MR) is 132 cm³/mol. The molecule has 9 heteroatoms. The van der Waals surface area contributed by atoms with E-state index < -0.39 is 10.0 Å². The zero-order valence-corrected chi connectivity index (χ0v) is 20.3. The first-order chi connectivity index (χ1) is 16.9. The van der Waals surface area contributed by atoms with E-state index in [0.717, 1.165) is 42.3 Å². The smallest absolute Gasteiger partial charge is 0.261 e. The first-order valence-electron chi connectivity index (χ1n) is 11.5. The van der Waals surface area contributed by atoms with E-state index in [9.17, 15) is 13.2 Å². The summed E-state index contributed by atoms with van der Waals surface area (Å²) in [6, 6.07) is 19.2. The normalized spacial score (nSPS) is 15.7. The van der Waals surface area contributed by atoms with Gasteiger partial charge in [-0.1, -0.05) is 23.8 Å². The number of sulfonamides is 1. The van der Waals surface area contributed by atoms with Crippen LogP contribution in [-0.2, 0) is 16.6 Å². The summed E-state index contributed by atoms with van der Waals surface area (Å²) in [7, 11) is -3.68. The van der Waals surface area contributed by atoms with Gasteiger partial charge in [0.05, 0.1) is 4.90 Å². The van der Waals surface area contributed by atoms with Gasteiger partial charge in [-0.05, 0) is 61.0 Å². The van der Waals surface area contributed by atoms with Crippen LogP contribution in [0.2, 0.25) is 0 Å². The molecule has 2 aliphatic heterocycles. The third kappa shape index (κ3) is 5.26. The molecule has 2 heterocycles. The molecule has 1 N–H and O–H groups in total. The van der Waals surface area contributed by atoms with Gasteiger partial charge in [0.1, 0.15) is 0 Å². The van der Waals surface area contributed by atoms with E-state index in [1.807, 2.05) is 30.0 Å². The third-order valence-corrected chi connectivity index (χ3v) is 7.62. The number of aryl methyl sites for hydroxylation is 1. The van der Waals surface area contributed by atoms with Crippen molar-refractivity contribution in [3.8, 4) is 11.5 Å². The summed E-state index contributed by atoms with van der Waals surface area (Å²) >= 11 is 0. The number of hydrogen-bond acceptors (Lipinski definition) is 6. The van der Waals surface area contributed by atoms with Crippen LogP contribution in [0.3, 0.4) is 0 Å². The molecule has 8 nitrogen and oxygen atoms in total. The lowest BCUT2D eigenvalue weighted by molar-refractivity contribution is 0.0628. The highest BCUT2D eigenvalue weighted by atomic mass is 32.2. The summed E-state index contributed by atoms with van der Waals surface area (Å²) in [5, 5.41) is 0. The van der Waals surface area contributed by atoms with Crippen LogP contribution in [0.15, 0.2) is 71.6 Å². The van der Waals surface area contributed by atoms with Gasteiger partial charge in [-0.15, -0.1) is 0 Å². The van der Waals surface area contributed by atoms with Crippen LogP contribution in [0.1, 0.15) is 21.5 Å². The van der Waals surface area contributed by atoms with Gasteiger partial charge < -0.3 is 14.4 Å². The van der Waals surface area contributed by atoms with E-state index >= 15 is 0 Å². The Labute approximate surface area is 205 Å². The maximum atomic E-state index is 13.0. The fourth-order valence-corrected chi connectivity index (χ4v) is 5.26. The minimum absolute atomic E-state index is 0.0549. The summed E-state index contributed by atoms with van der Waals surface area (Å²) < 4.78 is 38.6. The molecule has 182 valence electrons. The molecule has 0 radical (unpaired) electrons. The molecular formula is C26H27N3O5S. The minimum Gasteiger partial charge on any atom is -0.454 e. The van der Waals surface area contributed by atoms with Crippen LogP contribution in [-0.4, -0.2) is 57.1 Å². The monoisotopic (exact) mass is 493 g/mol. The van der Waals surface area contributed by atoms with Crippen LogP contribution >= 0.6 is 0 Å². The molecule has 35 heavy (non-hydrogen) atoms. The van der Waals surface area contributed by atoms with Crippen molar-refractivity contribution in [1.29, 1.82) is 0 Å². The molecule has 1 fully saturated rings. The number of nitrogens with zero attached hydrogens (tertiary/aromatic N) is 2. The first-order valence-corrected chi connectivity index (χ1v) is 13.0. The first kappa shape index (κ1) is 23.2. The van der Waals surface area contributed by atoms with Crippen molar-refractivity contribution in [2.45, 2.75) is 18.4 Å². The lowest BCUT2D eigenvalue weighted by Crippen LogP contribution is -2.48. The number of rotatable bonds is 6. The molecule has 1 amide bonds. The molecule has 3 aromatic rings. The van der Waals surface area contributed by atoms with Gasteiger partial charge >= 0.3 is 0 Å². The Morgan fingerprint density at radius 1 is 0.886 bits per heavy atom. The number of ether oxygens (including phenoxy) is 2. The van der Waals surface area contributed by atoms with E-state index in [2.05, 4.69) is 9.62 Å². The van der Waals surface area contributed by atoms with Crippen molar-refractivity contribution in [2.24, 2.45) is 0 Å². The van der Waals surface area contributed by atoms with Gasteiger partial charge in [0.25, 0.3) is 15.9 Å². The zero-order chi connectivity index (χ0) is 24.4. The number of benzene rings is 3. The van der Waals surface area contributed by atoms with E-state index in [-0.39, 0.29) is 17.6 Å². The van der Waals surface area contributed by atoms with Crippen LogP contribution in [0.4, 0.5) is 5.69 Å². The molecule has 2 aliphatic rings. The predicted octanol–water partition coefficient (Wildman–Crippen LogP) is 3.48. The summed E-state index contributed by atoms with van der Waals surface area (Å²) in [4.78, 5) is 17.3. The number of carbonyl (C=O) groups is 1. The maximum absolute atomic E-state index is 13.0. The van der Waals surface area contributed by atoms with Gasteiger partial charge in [-0.3, -0.25) is 14.4 Å². The number of hydrogen-bond donors (Lipinski definition) is 1. The van der Waals surface area contributed by atoms with Crippen LogP contribution < -0.4 is 14.2 Å². The maximum Gasteiger partial charge on any atom is 0.261 e. The molecule has 1 saturated heterocycles. The Bertz CT molecular complexity index is 1320. The number of piperazine rings is 1. The third-order valence-electron chi connectivity index (χ3n) is 6.22. The van der Waals surface area contributed by atoms with Crippen molar-refractivity contribution in [2.75, 3.05) is 37.7 Å².